The third-order valence-electron chi connectivity index (χ3n) is 16.5. The molecular weight excluding hydrogens is 897 g/mol. The quantitative estimate of drug-likeness (QED) is 0.188. The summed E-state index contributed by atoms with van der Waals surface area (Å²) >= 11 is 0. The lowest BCUT2D eigenvalue weighted by molar-refractivity contribution is -0.268. The summed E-state index contributed by atoms with van der Waals surface area (Å²) in [4.78, 5) is 35.2. The van der Waals surface area contributed by atoms with Crippen molar-refractivity contribution in [2.75, 3.05) is 0 Å². The van der Waals surface area contributed by atoms with Crippen LogP contribution in [0.4, 0.5) is 0 Å². The molecule has 8 heteroatoms. The Morgan fingerprint density at radius 2 is 0.639 bits per heavy atom. The zero-order valence-electron chi connectivity index (χ0n) is 48.0. The number of rotatable bonds is 0. The summed E-state index contributed by atoms with van der Waals surface area (Å²) in [5.74, 6) is 1.93. The number of Topliss-reactive ketones (excluding diaryl/α,β-unsaturated/α-hetero) is 3. The topological polar surface area (TPSA) is 141 Å². The zero-order chi connectivity index (χ0) is 52.5. The van der Waals surface area contributed by atoms with E-state index in [2.05, 4.69) is 20.8 Å². The van der Waals surface area contributed by atoms with Gasteiger partial charge in [0, 0.05) is 51.4 Å². The number of ketones is 3. The van der Waals surface area contributed by atoms with Crippen LogP contribution in [0, 0.1) is 23.7 Å². The molecule has 7 atom stereocenters. The maximum absolute atomic E-state index is 11.8. The van der Waals surface area contributed by atoms with Crippen LogP contribution in [-0.2, 0) is 19.1 Å². The van der Waals surface area contributed by atoms with E-state index in [1.165, 1.54) is 161 Å². The van der Waals surface area contributed by atoms with Crippen LogP contribution in [0.25, 0.3) is 0 Å². The van der Waals surface area contributed by atoms with Crippen LogP contribution in [0.5, 0.6) is 0 Å². The number of carbonyl (C=O) groups excluding carboxylic acids is 3. The molecule has 4 N–H and O–H groups in total. The van der Waals surface area contributed by atoms with Gasteiger partial charge in [0.05, 0.1) is 24.4 Å². The summed E-state index contributed by atoms with van der Waals surface area (Å²) in [5, 5.41) is 40.4. The van der Waals surface area contributed by atoms with Crippen LogP contribution in [0.15, 0.2) is 0 Å². The largest absolute Gasteiger partial charge is 0.393 e. The summed E-state index contributed by atoms with van der Waals surface area (Å²) in [6.07, 6.45) is 53.3. The molecule has 0 spiro atoms. The summed E-state index contributed by atoms with van der Waals surface area (Å²) in [5.41, 5.74) is 0. The van der Waals surface area contributed by atoms with Gasteiger partial charge in [-0.1, -0.05) is 207 Å². The monoisotopic (exact) mass is 1020 g/mol. The van der Waals surface area contributed by atoms with E-state index in [4.69, 9.17) is 4.74 Å². The molecule has 72 heavy (non-hydrogen) atoms. The minimum Gasteiger partial charge on any atom is -0.393 e. The second-order valence-corrected chi connectivity index (χ2v) is 24.9. The fraction of sp³-hybridized carbons (Fsp3) is 0.953. The minimum atomic E-state index is -0.809. The van der Waals surface area contributed by atoms with Crippen LogP contribution < -0.4 is 0 Å². The Balaban J connectivity index is 0.000000329. The number of ether oxygens (including phenoxy) is 1. The second kappa shape index (κ2) is 43.9. The van der Waals surface area contributed by atoms with E-state index >= 15 is 0 Å². The fourth-order valence-electron chi connectivity index (χ4n) is 12.4. The smallest absolute Gasteiger partial charge is 0.166 e. The predicted octanol–water partition coefficient (Wildman–Crippen LogP) is 17.1. The molecule has 5 fully saturated rings. The van der Waals surface area contributed by atoms with Gasteiger partial charge in [0.1, 0.15) is 17.3 Å². The summed E-state index contributed by atoms with van der Waals surface area (Å²) < 4.78 is 6.01. The molecule has 5 rings (SSSR count). The lowest BCUT2D eigenvalue weighted by Gasteiger charge is -2.40. The Morgan fingerprint density at radius 1 is 0.347 bits per heavy atom. The van der Waals surface area contributed by atoms with E-state index in [1.54, 1.807) is 0 Å². The lowest BCUT2D eigenvalue weighted by atomic mass is 9.87. The Hall–Kier alpha value is -1.19. The molecule has 2 heterocycles. The standard InChI is InChI=1S/C16H30O2.C16H32O2.C16H30O2.C16H28O2/c1-14-12-15-10-8-6-4-2-3-5-7-9-11-16(17,13-14)18-15;3*1-14-12-15(17)10-8-6-4-2-3-5-7-9-11-16(18)13-14/h14-15,17H,2-13H2,1H3;14-18H,2-13H2,1H3;14-15,17H,2-13H2,1H3;14H,2-13H2,1H3. The van der Waals surface area contributed by atoms with Crippen molar-refractivity contribution in [1.82, 2.24) is 0 Å². The SMILES string of the molecule is CC1CC(=O)CCCCCCCCCCC(=O)C1.CC1CC(=O)CCCCCCCCCCC(O)C1.CC1CC(O)CCCCCCCCCCC(O)C1.CC1CC2CCCCCCCCCCC(O)(C1)O2. The van der Waals surface area contributed by atoms with E-state index in [1.807, 2.05) is 6.92 Å². The van der Waals surface area contributed by atoms with Crippen molar-refractivity contribution in [3.63, 3.8) is 0 Å². The molecule has 2 aliphatic heterocycles. The summed E-state index contributed by atoms with van der Waals surface area (Å²) in [6, 6.07) is 0. The number of hydrogen-bond acceptors (Lipinski definition) is 8. The average molecular weight is 1020 g/mol. The maximum Gasteiger partial charge on any atom is 0.166 e. The first-order valence-electron chi connectivity index (χ1n) is 31.7. The van der Waals surface area contributed by atoms with E-state index in [9.17, 15) is 34.8 Å². The van der Waals surface area contributed by atoms with Crippen LogP contribution in [0.1, 0.15) is 336 Å². The maximum atomic E-state index is 11.8. The molecule has 3 saturated carbocycles. The molecule has 8 nitrogen and oxygen atoms in total. The van der Waals surface area contributed by atoms with Crippen molar-refractivity contribution in [2.24, 2.45) is 23.7 Å². The molecule has 7 unspecified atom stereocenters. The Labute approximate surface area is 444 Å². The molecule has 5 aliphatic rings. The first kappa shape index (κ1) is 66.9. The van der Waals surface area contributed by atoms with Crippen LogP contribution >= 0.6 is 0 Å². The first-order valence-corrected chi connectivity index (χ1v) is 31.7. The highest BCUT2D eigenvalue weighted by Crippen LogP contribution is 2.37. The Kier molecular flexibility index (Phi) is 40.8. The van der Waals surface area contributed by atoms with Gasteiger partial charge in [-0.2, -0.15) is 0 Å². The van der Waals surface area contributed by atoms with Crippen LogP contribution in [-0.4, -0.2) is 68.0 Å². The van der Waals surface area contributed by atoms with Gasteiger partial charge in [-0.25, -0.2) is 0 Å². The van der Waals surface area contributed by atoms with Crippen LogP contribution in [0.3, 0.4) is 0 Å². The Bertz CT molecular complexity index is 1260. The van der Waals surface area contributed by atoms with Gasteiger partial charge in [0.2, 0.25) is 0 Å². The highest BCUT2D eigenvalue weighted by Gasteiger charge is 2.37. The minimum absolute atomic E-state index is 0.155. The zero-order valence-corrected chi connectivity index (χ0v) is 48.0. The van der Waals surface area contributed by atoms with E-state index in [0.29, 0.717) is 60.5 Å². The average Bonchev–Trinajstić information content (AvgIpc) is 3.31. The van der Waals surface area contributed by atoms with Crippen molar-refractivity contribution in [3.05, 3.63) is 0 Å². The highest BCUT2D eigenvalue weighted by atomic mass is 16.6. The number of carbonyl (C=O) groups is 3. The molecule has 3 aliphatic carbocycles. The Morgan fingerprint density at radius 3 is 1.01 bits per heavy atom. The van der Waals surface area contributed by atoms with Gasteiger partial charge in [-0.15, -0.1) is 0 Å². The lowest BCUT2D eigenvalue weighted by Crippen LogP contribution is -2.43. The van der Waals surface area contributed by atoms with Gasteiger partial charge in [0.15, 0.2) is 5.79 Å². The van der Waals surface area contributed by atoms with Gasteiger partial charge >= 0.3 is 0 Å². The summed E-state index contributed by atoms with van der Waals surface area (Å²) in [6.45, 7) is 8.55. The molecule has 2 bridgehead atoms. The fourth-order valence-corrected chi connectivity index (χ4v) is 12.4. The number of fused-ring (bicyclic) bond motifs is 2. The third kappa shape index (κ3) is 39.2. The molecule has 424 valence electrons. The molecular formula is C64H120O8. The van der Waals surface area contributed by atoms with E-state index < -0.39 is 5.79 Å². The first-order chi connectivity index (χ1) is 34.7. The van der Waals surface area contributed by atoms with Gasteiger partial charge in [0.25, 0.3) is 0 Å². The van der Waals surface area contributed by atoms with E-state index in [0.717, 1.165) is 128 Å². The molecule has 0 aromatic heterocycles. The third-order valence-corrected chi connectivity index (χ3v) is 16.5. The predicted molar refractivity (Wildman–Crippen MR) is 301 cm³/mol. The van der Waals surface area contributed by atoms with Gasteiger partial charge < -0.3 is 25.2 Å². The number of hydrogen-bond donors (Lipinski definition) is 4. The van der Waals surface area contributed by atoms with Crippen molar-refractivity contribution in [3.8, 4) is 0 Å². The number of aliphatic hydroxyl groups excluding tert-OH is 3. The molecule has 0 aromatic rings. The summed E-state index contributed by atoms with van der Waals surface area (Å²) in [7, 11) is 0. The molecule has 0 radical (unpaired) electrons. The van der Waals surface area contributed by atoms with Crippen LogP contribution in [0.2, 0.25) is 0 Å². The molecule has 0 aromatic carbocycles. The van der Waals surface area contributed by atoms with Gasteiger partial charge in [-0.3, -0.25) is 14.4 Å². The number of aliphatic hydroxyl groups is 4. The van der Waals surface area contributed by atoms with Gasteiger partial charge in [-0.05, 0) is 101 Å². The molecule has 2 saturated heterocycles. The molecule has 0 amide bonds. The second-order valence-electron chi connectivity index (χ2n) is 24.9. The van der Waals surface area contributed by atoms with Crippen molar-refractivity contribution in [2.45, 2.75) is 366 Å². The van der Waals surface area contributed by atoms with Crippen molar-refractivity contribution >= 4 is 17.3 Å². The highest BCUT2D eigenvalue weighted by molar-refractivity contribution is 5.81. The van der Waals surface area contributed by atoms with E-state index in [-0.39, 0.29) is 24.2 Å². The van der Waals surface area contributed by atoms with Crippen molar-refractivity contribution < 1.29 is 39.5 Å². The van der Waals surface area contributed by atoms with Crippen molar-refractivity contribution in [1.29, 1.82) is 0 Å². The normalized spacial score (nSPS) is 32.2.